The van der Waals surface area contributed by atoms with Crippen LogP contribution in [0.4, 0.5) is 0 Å². The van der Waals surface area contributed by atoms with Gasteiger partial charge in [-0.15, -0.1) is 0 Å². The minimum atomic E-state index is 0.511. The van der Waals surface area contributed by atoms with Crippen LogP contribution in [0.1, 0.15) is 0 Å². The summed E-state index contributed by atoms with van der Waals surface area (Å²) in [5.74, 6) is 0. The standard InChI is InChI=1S/CH3N2S.Pd/c2-1(3)4;/h(H3-,2,3,4);/q-1;+2/p-1. The van der Waals surface area contributed by atoms with Gasteiger partial charge in [0.25, 0.3) is 0 Å². The van der Waals surface area contributed by atoms with E-state index in [-0.39, 0.29) is 0 Å². The molecule has 0 unspecified atom stereocenters. The first-order valence-corrected chi connectivity index (χ1v) is 2.98. The third-order valence-electron chi connectivity index (χ3n) is 0.223. The molecule has 0 amide bonds. The molecule has 0 aromatic carbocycles. The zero-order valence-electron chi connectivity index (χ0n) is 2.22. The van der Waals surface area contributed by atoms with Crippen LogP contribution in [0.25, 0.3) is 0 Å². The molecule has 1 rings (SSSR count). The second kappa shape index (κ2) is 1.21. The van der Waals surface area contributed by atoms with Crippen molar-refractivity contribution in [3.8, 4) is 0 Å². The third kappa shape index (κ3) is 0.597. The second-order valence-corrected chi connectivity index (χ2v) is 2.14. The summed E-state index contributed by atoms with van der Waals surface area (Å²) in [5.41, 5.74) is 0. The molecule has 0 aromatic rings. The van der Waals surface area contributed by atoms with Crippen molar-refractivity contribution < 1.29 is 18.5 Å². The van der Waals surface area contributed by atoms with Crippen molar-refractivity contribution >= 4 is 17.3 Å². The second-order valence-electron chi connectivity index (χ2n) is 0.566. The maximum atomic E-state index is 4.57. The van der Waals surface area contributed by atoms with E-state index in [0.717, 1.165) is 5.11 Å². The molecule has 0 aliphatic carbocycles. The van der Waals surface area contributed by atoms with Gasteiger partial charge >= 0.3 is 43.7 Å². The van der Waals surface area contributed by atoms with Gasteiger partial charge in [-0.25, -0.2) is 0 Å². The molecule has 1 aliphatic rings. The number of hydrogen-bond donors (Lipinski definition) is 2. The SMILES string of the molecule is S=C1[NH][Pd][NH]1. The average molecular weight is 181 g/mol. The van der Waals surface area contributed by atoms with E-state index in [1.54, 1.807) is 0 Å². The van der Waals surface area contributed by atoms with Crippen LogP contribution in [0.2, 0.25) is 0 Å². The van der Waals surface area contributed by atoms with Gasteiger partial charge in [0.1, 0.15) is 0 Å². The molecule has 1 saturated heterocycles. The van der Waals surface area contributed by atoms with E-state index in [1.807, 2.05) is 0 Å². The van der Waals surface area contributed by atoms with Gasteiger partial charge in [0.05, 0.1) is 0 Å². The van der Waals surface area contributed by atoms with Crippen molar-refractivity contribution in [2.75, 3.05) is 0 Å². The van der Waals surface area contributed by atoms with E-state index in [4.69, 9.17) is 0 Å². The molecule has 4 heteroatoms. The van der Waals surface area contributed by atoms with Gasteiger partial charge in [0, 0.05) is 0 Å². The predicted octanol–water partition coefficient (Wildman–Crippen LogP) is -0.623. The third-order valence-corrected chi connectivity index (χ3v) is 2.08. The molecule has 0 radical (unpaired) electrons. The molecule has 0 aromatic heterocycles. The molecule has 0 bridgehead atoms. The van der Waals surface area contributed by atoms with Gasteiger partial charge in [0.15, 0.2) is 0 Å². The zero-order chi connectivity index (χ0) is 3.70. The summed E-state index contributed by atoms with van der Waals surface area (Å²) < 4.78 is 5.76. The molecule has 0 spiro atoms. The van der Waals surface area contributed by atoms with Gasteiger partial charge in [-0.2, -0.15) is 0 Å². The summed E-state index contributed by atoms with van der Waals surface area (Å²) in [6, 6.07) is 0. The van der Waals surface area contributed by atoms with Crippen LogP contribution in [-0.2, 0) is 18.5 Å². The fraction of sp³-hybridized carbons (Fsp3) is 0. The van der Waals surface area contributed by atoms with Crippen molar-refractivity contribution in [1.29, 1.82) is 0 Å². The van der Waals surface area contributed by atoms with Crippen LogP contribution in [0.15, 0.2) is 0 Å². The van der Waals surface area contributed by atoms with Crippen molar-refractivity contribution in [3.05, 3.63) is 0 Å². The minimum absolute atomic E-state index is 0.511. The van der Waals surface area contributed by atoms with Crippen molar-refractivity contribution in [2.24, 2.45) is 0 Å². The van der Waals surface area contributed by atoms with Crippen LogP contribution >= 0.6 is 12.2 Å². The molecule has 2 N–H and O–H groups in total. The summed E-state index contributed by atoms with van der Waals surface area (Å²) in [5, 5.41) is 0.791. The Hall–Kier alpha value is 0.352. The van der Waals surface area contributed by atoms with Gasteiger partial charge in [-0.1, -0.05) is 0 Å². The fourth-order valence-corrected chi connectivity index (χ4v) is 0.807. The molecule has 0 saturated carbocycles. The van der Waals surface area contributed by atoms with Crippen LogP contribution in [0, 0.1) is 0 Å². The molecule has 0 atom stereocenters. The molecule has 2 nitrogen and oxygen atoms in total. The Bertz CT molecular complexity index is 56.7. The van der Waals surface area contributed by atoms with Gasteiger partial charge in [-0.3, -0.25) is 0 Å². The number of rotatable bonds is 0. The quantitative estimate of drug-likeness (QED) is 0.384. The van der Waals surface area contributed by atoms with E-state index >= 15 is 0 Å². The average Bonchev–Trinajstić information content (AvgIpc) is 1.30. The number of nitrogens with one attached hydrogen (secondary N) is 2. The Labute approximate surface area is 44.0 Å². The Morgan fingerprint density at radius 2 is 2.00 bits per heavy atom. The van der Waals surface area contributed by atoms with Gasteiger partial charge in [0.2, 0.25) is 0 Å². The van der Waals surface area contributed by atoms with Crippen LogP contribution in [0.3, 0.4) is 0 Å². The van der Waals surface area contributed by atoms with Crippen LogP contribution in [-0.4, -0.2) is 5.11 Å². The first-order chi connectivity index (χ1) is 2.39. The predicted molar refractivity (Wildman–Crippen MR) is 18.9 cm³/mol. The fourth-order valence-electron chi connectivity index (χ4n) is 0.0718. The molecular formula is CH2N2PdS. The summed E-state index contributed by atoms with van der Waals surface area (Å²) in [6.07, 6.45) is 0. The molecular weight excluding hydrogens is 179 g/mol. The molecule has 32 valence electrons. The van der Waals surface area contributed by atoms with Crippen molar-refractivity contribution in [1.82, 2.24) is 7.90 Å². The van der Waals surface area contributed by atoms with Crippen LogP contribution < -0.4 is 7.90 Å². The normalized spacial score (nSPS) is 20.4. The Morgan fingerprint density at radius 3 is 2.00 bits per heavy atom. The van der Waals surface area contributed by atoms with E-state index in [9.17, 15) is 0 Å². The Balaban J connectivity index is 2.32. The summed E-state index contributed by atoms with van der Waals surface area (Å²) in [7, 11) is 0. The first kappa shape index (κ1) is 3.54. The molecule has 1 fully saturated rings. The number of thiocarbonyl (C=S) groups is 1. The Morgan fingerprint density at radius 1 is 1.60 bits per heavy atom. The molecule has 1 heterocycles. The van der Waals surface area contributed by atoms with Crippen molar-refractivity contribution in [3.63, 3.8) is 0 Å². The van der Waals surface area contributed by atoms with Crippen LogP contribution in [0.5, 0.6) is 0 Å². The van der Waals surface area contributed by atoms with Gasteiger partial charge in [-0.05, 0) is 0 Å². The molecule has 1 aliphatic heterocycles. The summed E-state index contributed by atoms with van der Waals surface area (Å²) in [6.45, 7) is 0. The Kier molecular flexibility index (Phi) is 0.858. The van der Waals surface area contributed by atoms with E-state index in [0.29, 0.717) is 18.5 Å². The zero-order valence-corrected chi connectivity index (χ0v) is 4.60. The van der Waals surface area contributed by atoms with E-state index in [1.165, 1.54) is 0 Å². The first-order valence-electron chi connectivity index (χ1n) is 1.02. The summed E-state index contributed by atoms with van der Waals surface area (Å²) in [4.78, 5) is 0. The van der Waals surface area contributed by atoms with Gasteiger partial charge < -0.3 is 0 Å². The number of hydrogen-bond acceptors (Lipinski definition) is 1. The monoisotopic (exact) mass is 180 g/mol. The summed E-state index contributed by atoms with van der Waals surface area (Å²) >= 11 is 5.09. The van der Waals surface area contributed by atoms with E-state index < -0.39 is 0 Å². The molecule has 5 heavy (non-hydrogen) atoms. The van der Waals surface area contributed by atoms with E-state index in [2.05, 4.69) is 20.1 Å². The van der Waals surface area contributed by atoms with Crippen molar-refractivity contribution in [2.45, 2.75) is 0 Å². The topological polar surface area (TPSA) is 24.1 Å². The maximum absolute atomic E-state index is 4.57.